The number of hydrogen-bond acceptors (Lipinski definition) is 2. The van der Waals surface area contributed by atoms with Crippen LogP contribution < -0.4 is 5.32 Å². The molecule has 0 aromatic heterocycles. The first-order chi connectivity index (χ1) is 9.16. The molecule has 2 aromatic rings. The van der Waals surface area contributed by atoms with Crippen LogP contribution in [0.3, 0.4) is 0 Å². The summed E-state index contributed by atoms with van der Waals surface area (Å²) in [5.41, 5.74) is 1.18. The van der Waals surface area contributed by atoms with Crippen molar-refractivity contribution in [1.29, 1.82) is 0 Å². The maximum Gasteiger partial charge on any atom is 0.127 e. The molecule has 0 heterocycles. The minimum Gasteiger partial charge on any atom is -0.387 e. The monoisotopic (exact) mass is 263 g/mol. The van der Waals surface area contributed by atoms with Crippen molar-refractivity contribution in [3.63, 3.8) is 0 Å². The van der Waals surface area contributed by atoms with E-state index in [4.69, 9.17) is 0 Å². The van der Waals surface area contributed by atoms with Gasteiger partial charge in [0.15, 0.2) is 0 Å². The first-order valence-corrected chi connectivity index (χ1v) is 6.04. The van der Waals surface area contributed by atoms with Crippen molar-refractivity contribution in [3.05, 3.63) is 71.3 Å². The third-order valence-electron chi connectivity index (χ3n) is 2.87. The van der Waals surface area contributed by atoms with Gasteiger partial charge in [-0.05, 0) is 23.8 Å². The van der Waals surface area contributed by atoms with Crippen LogP contribution in [0.25, 0.3) is 0 Å². The number of aliphatic hydroxyl groups excluding tert-OH is 1. The Bertz CT molecular complexity index is 528. The second-order valence-corrected chi connectivity index (χ2v) is 4.29. The van der Waals surface area contributed by atoms with Crippen molar-refractivity contribution in [2.45, 2.75) is 12.6 Å². The lowest BCUT2D eigenvalue weighted by Gasteiger charge is -2.12. The molecule has 2 N–H and O–H groups in total. The molecule has 0 saturated carbocycles. The molecular formula is C15H15F2NO. The fourth-order valence-corrected chi connectivity index (χ4v) is 1.79. The molecule has 1 atom stereocenters. The molecule has 0 aliphatic heterocycles. The van der Waals surface area contributed by atoms with Gasteiger partial charge in [-0.3, -0.25) is 0 Å². The number of rotatable bonds is 5. The Morgan fingerprint density at radius 3 is 2.37 bits per heavy atom. The molecule has 0 spiro atoms. The average Bonchev–Trinajstić information content (AvgIpc) is 2.41. The summed E-state index contributed by atoms with van der Waals surface area (Å²) in [7, 11) is 0. The van der Waals surface area contributed by atoms with E-state index in [9.17, 15) is 13.9 Å². The zero-order valence-corrected chi connectivity index (χ0v) is 10.3. The van der Waals surface area contributed by atoms with E-state index in [1.807, 2.05) is 0 Å². The molecule has 0 aliphatic rings. The number of aliphatic hydroxyl groups is 1. The van der Waals surface area contributed by atoms with E-state index in [0.717, 1.165) is 0 Å². The molecule has 4 heteroatoms. The summed E-state index contributed by atoms with van der Waals surface area (Å²) < 4.78 is 26.1. The van der Waals surface area contributed by atoms with Gasteiger partial charge >= 0.3 is 0 Å². The third kappa shape index (κ3) is 3.84. The van der Waals surface area contributed by atoms with Gasteiger partial charge < -0.3 is 10.4 Å². The second kappa shape index (κ2) is 6.41. The summed E-state index contributed by atoms with van der Waals surface area (Å²) in [6.07, 6.45) is -0.743. The largest absolute Gasteiger partial charge is 0.387 e. The smallest absolute Gasteiger partial charge is 0.127 e. The number of hydrogen-bond donors (Lipinski definition) is 2. The third-order valence-corrected chi connectivity index (χ3v) is 2.87. The summed E-state index contributed by atoms with van der Waals surface area (Å²) in [6.45, 7) is 0.616. The van der Waals surface area contributed by atoms with Gasteiger partial charge in [0.1, 0.15) is 11.6 Å². The summed E-state index contributed by atoms with van der Waals surface area (Å²) in [5.74, 6) is -0.610. The predicted molar refractivity (Wildman–Crippen MR) is 69.5 cm³/mol. The highest BCUT2D eigenvalue weighted by Gasteiger charge is 2.07. The zero-order valence-electron chi connectivity index (χ0n) is 10.3. The Balaban J connectivity index is 1.86. The van der Waals surface area contributed by atoms with Crippen LogP contribution in [0.15, 0.2) is 48.5 Å². The van der Waals surface area contributed by atoms with Crippen LogP contribution in [0.2, 0.25) is 0 Å². The molecule has 0 fully saturated rings. The molecule has 0 saturated heterocycles. The van der Waals surface area contributed by atoms with Crippen LogP contribution >= 0.6 is 0 Å². The van der Waals surface area contributed by atoms with Crippen LogP contribution in [0, 0.1) is 11.6 Å². The molecule has 2 nitrogen and oxygen atoms in total. The van der Waals surface area contributed by atoms with Gasteiger partial charge in [-0.1, -0.05) is 30.3 Å². The Morgan fingerprint density at radius 2 is 1.68 bits per heavy atom. The fourth-order valence-electron chi connectivity index (χ4n) is 1.79. The van der Waals surface area contributed by atoms with Gasteiger partial charge in [-0.2, -0.15) is 0 Å². The minimum absolute atomic E-state index is 0.272. The van der Waals surface area contributed by atoms with E-state index in [2.05, 4.69) is 5.32 Å². The van der Waals surface area contributed by atoms with Crippen LogP contribution in [0.4, 0.5) is 8.78 Å². The summed E-state index contributed by atoms with van der Waals surface area (Å²) >= 11 is 0. The summed E-state index contributed by atoms with van der Waals surface area (Å²) in [5, 5.41) is 12.9. The molecule has 100 valence electrons. The van der Waals surface area contributed by atoms with Crippen molar-refractivity contribution >= 4 is 0 Å². The zero-order chi connectivity index (χ0) is 13.7. The van der Waals surface area contributed by atoms with E-state index in [-0.39, 0.29) is 18.2 Å². The highest BCUT2D eigenvalue weighted by atomic mass is 19.1. The lowest BCUT2D eigenvalue weighted by Crippen LogP contribution is -2.21. The van der Waals surface area contributed by atoms with Crippen molar-refractivity contribution < 1.29 is 13.9 Å². The van der Waals surface area contributed by atoms with Gasteiger partial charge in [-0.25, -0.2) is 8.78 Å². The molecule has 0 amide bonds. The van der Waals surface area contributed by atoms with Crippen molar-refractivity contribution in [2.75, 3.05) is 6.54 Å². The van der Waals surface area contributed by atoms with Gasteiger partial charge in [-0.15, -0.1) is 0 Å². The van der Waals surface area contributed by atoms with Gasteiger partial charge in [0.2, 0.25) is 0 Å². The van der Waals surface area contributed by atoms with Crippen LogP contribution in [-0.2, 0) is 6.54 Å². The van der Waals surface area contributed by atoms with Crippen LogP contribution in [0.1, 0.15) is 17.2 Å². The highest BCUT2D eigenvalue weighted by Crippen LogP contribution is 2.13. The maximum absolute atomic E-state index is 13.3. The molecular weight excluding hydrogens is 248 g/mol. The van der Waals surface area contributed by atoms with Gasteiger partial charge in [0, 0.05) is 18.7 Å². The van der Waals surface area contributed by atoms with Crippen LogP contribution in [0.5, 0.6) is 0 Å². The lowest BCUT2D eigenvalue weighted by atomic mass is 10.1. The molecule has 0 bridgehead atoms. The minimum atomic E-state index is -0.743. The Kier molecular flexibility index (Phi) is 4.60. The lowest BCUT2D eigenvalue weighted by molar-refractivity contribution is 0.174. The maximum atomic E-state index is 13.3. The van der Waals surface area contributed by atoms with Gasteiger partial charge in [0.05, 0.1) is 6.10 Å². The van der Waals surface area contributed by atoms with E-state index >= 15 is 0 Å². The SMILES string of the molecule is OC(CNCc1ccccc1F)c1ccc(F)cc1. The molecule has 2 rings (SSSR count). The average molecular weight is 263 g/mol. The fraction of sp³-hybridized carbons (Fsp3) is 0.200. The normalized spacial score (nSPS) is 12.4. The predicted octanol–water partition coefficient (Wildman–Crippen LogP) is 2.79. The molecule has 0 aliphatic carbocycles. The Labute approximate surface area is 110 Å². The summed E-state index contributed by atoms with van der Waals surface area (Å²) in [4.78, 5) is 0. The molecule has 19 heavy (non-hydrogen) atoms. The number of nitrogens with one attached hydrogen (secondary N) is 1. The van der Waals surface area contributed by atoms with E-state index in [1.165, 1.54) is 30.3 Å². The Hall–Kier alpha value is -1.78. The molecule has 1 unspecified atom stereocenters. The van der Waals surface area contributed by atoms with E-state index < -0.39 is 6.10 Å². The molecule has 0 radical (unpaired) electrons. The number of benzene rings is 2. The van der Waals surface area contributed by atoms with Crippen LogP contribution in [-0.4, -0.2) is 11.7 Å². The van der Waals surface area contributed by atoms with Crippen molar-refractivity contribution in [2.24, 2.45) is 0 Å². The van der Waals surface area contributed by atoms with Gasteiger partial charge in [0.25, 0.3) is 0 Å². The molecule has 2 aromatic carbocycles. The van der Waals surface area contributed by atoms with Crippen molar-refractivity contribution in [3.8, 4) is 0 Å². The van der Waals surface area contributed by atoms with E-state index in [0.29, 0.717) is 17.7 Å². The van der Waals surface area contributed by atoms with Crippen molar-refractivity contribution in [1.82, 2.24) is 5.32 Å². The van der Waals surface area contributed by atoms with E-state index in [1.54, 1.807) is 18.2 Å². The Morgan fingerprint density at radius 1 is 1.00 bits per heavy atom. The highest BCUT2D eigenvalue weighted by molar-refractivity contribution is 5.19. The second-order valence-electron chi connectivity index (χ2n) is 4.29. The first kappa shape index (κ1) is 13.6. The number of halogens is 2. The standard InChI is InChI=1S/C15H15F2NO/c16-13-7-5-11(6-8-13)15(19)10-18-9-12-3-1-2-4-14(12)17/h1-8,15,18-19H,9-10H2. The summed E-state index contributed by atoms with van der Waals surface area (Å²) in [6, 6.07) is 12.1. The quantitative estimate of drug-likeness (QED) is 0.869. The topological polar surface area (TPSA) is 32.3 Å². The first-order valence-electron chi connectivity index (χ1n) is 6.04.